The predicted octanol–water partition coefficient (Wildman–Crippen LogP) is 3.47. The standard InChI is InChI=1S/C19H14N6O/c1-2-6-13(7-3-1)19(16-12-14-8-4-5-9-15(14)26-16)20-17-10-11-18-21-23-24-25(18)22-17/h1-12,19H,(H,20,22)/t19-/m0/s1. The fraction of sp³-hybridized carbons (Fsp3) is 0.0526. The molecule has 5 aromatic rings. The summed E-state index contributed by atoms with van der Waals surface area (Å²) in [6.07, 6.45) is 0. The molecule has 126 valence electrons. The van der Waals surface area contributed by atoms with Gasteiger partial charge >= 0.3 is 0 Å². The Kier molecular flexibility index (Phi) is 3.35. The molecule has 3 heterocycles. The van der Waals surface area contributed by atoms with Crippen molar-refractivity contribution in [2.24, 2.45) is 0 Å². The maximum atomic E-state index is 6.09. The van der Waals surface area contributed by atoms with Crippen LogP contribution in [0.2, 0.25) is 0 Å². The van der Waals surface area contributed by atoms with Gasteiger partial charge in [0.15, 0.2) is 5.65 Å². The number of benzene rings is 2. The van der Waals surface area contributed by atoms with Gasteiger partial charge in [-0.15, -0.1) is 14.8 Å². The molecule has 0 aliphatic rings. The van der Waals surface area contributed by atoms with E-state index >= 15 is 0 Å². The molecule has 5 rings (SSSR count). The van der Waals surface area contributed by atoms with Crippen LogP contribution in [0.5, 0.6) is 0 Å². The highest BCUT2D eigenvalue weighted by atomic mass is 16.3. The zero-order valence-electron chi connectivity index (χ0n) is 13.6. The summed E-state index contributed by atoms with van der Waals surface area (Å²) in [5.41, 5.74) is 2.52. The van der Waals surface area contributed by atoms with Crippen molar-refractivity contribution in [1.29, 1.82) is 0 Å². The first kappa shape index (κ1) is 14.6. The molecular formula is C19H14N6O. The predicted molar refractivity (Wildman–Crippen MR) is 96.7 cm³/mol. The normalized spacial score (nSPS) is 12.5. The summed E-state index contributed by atoms with van der Waals surface area (Å²) >= 11 is 0. The van der Waals surface area contributed by atoms with Crippen LogP contribution in [0.1, 0.15) is 17.4 Å². The summed E-state index contributed by atoms with van der Waals surface area (Å²) in [5, 5.41) is 20.3. The van der Waals surface area contributed by atoms with Crippen molar-refractivity contribution in [3.05, 3.63) is 84.1 Å². The highest BCUT2D eigenvalue weighted by Crippen LogP contribution is 2.30. The molecular weight excluding hydrogens is 328 g/mol. The third-order valence-electron chi connectivity index (χ3n) is 4.22. The lowest BCUT2D eigenvalue weighted by molar-refractivity contribution is 0.535. The first-order valence-electron chi connectivity index (χ1n) is 8.22. The maximum absolute atomic E-state index is 6.09. The number of tetrazole rings is 1. The first-order chi connectivity index (χ1) is 12.9. The van der Waals surface area contributed by atoms with Crippen LogP contribution in [0.25, 0.3) is 16.6 Å². The van der Waals surface area contributed by atoms with Crippen LogP contribution in [0.4, 0.5) is 5.82 Å². The Bertz CT molecular complexity index is 1150. The molecule has 1 N–H and O–H groups in total. The number of furan rings is 1. The number of hydrogen-bond acceptors (Lipinski definition) is 6. The zero-order chi connectivity index (χ0) is 17.3. The van der Waals surface area contributed by atoms with Gasteiger partial charge in [0.1, 0.15) is 23.2 Å². The summed E-state index contributed by atoms with van der Waals surface area (Å²) in [6.45, 7) is 0. The largest absolute Gasteiger partial charge is 0.459 e. The molecule has 1 atom stereocenters. The van der Waals surface area contributed by atoms with Crippen LogP contribution in [0, 0.1) is 0 Å². The van der Waals surface area contributed by atoms with Gasteiger partial charge in [-0.1, -0.05) is 48.5 Å². The molecule has 0 unspecified atom stereocenters. The minimum absolute atomic E-state index is 0.190. The Balaban J connectivity index is 1.59. The molecule has 3 aromatic heterocycles. The van der Waals surface area contributed by atoms with Crippen LogP contribution in [0.3, 0.4) is 0 Å². The molecule has 0 bridgehead atoms. The molecule has 0 saturated carbocycles. The lowest BCUT2D eigenvalue weighted by atomic mass is 10.0. The second-order valence-electron chi connectivity index (χ2n) is 5.92. The average Bonchev–Trinajstić information content (AvgIpc) is 3.32. The number of hydrogen-bond donors (Lipinski definition) is 1. The molecule has 7 nitrogen and oxygen atoms in total. The average molecular weight is 342 g/mol. The molecule has 0 aliphatic heterocycles. The van der Waals surface area contributed by atoms with Gasteiger partial charge in [0.05, 0.1) is 0 Å². The SMILES string of the molecule is c1ccc([C@H](Nc2ccc3nnnn3n2)c2cc3ccccc3o2)cc1. The number of rotatable bonds is 4. The number of nitrogens with one attached hydrogen (secondary N) is 1. The second-order valence-corrected chi connectivity index (χ2v) is 5.92. The fourth-order valence-electron chi connectivity index (χ4n) is 2.98. The number of fused-ring (bicyclic) bond motifs is 2. The van der Waals surface area contributed by atoms with Gasteiger partial charge in [-0.3, -0.25) is 0 Å². The van der Waals surface area contributed by atoms with Crippen molar-refractivity contribution < 1.29 is 4.42 Å². The van der Waals surface area contributed by atoms with E-state index in [0.717, 1.165) is 22.3 Å². The molecule has 0 spiro atoms. The van der Waals surface area contributed by atoms with Crippen LogP contribution < -0.4 is 5.32 Å². The summed E-state index contributed by atoms with van der Waals surface area (Å²) in [4.78, 5) is 0. The second kappa shape index (κ2) is 5.96. The van der Waals surface area contributed by atoms with Gasteiger partial charge < -0.3 is 9.73 Å². The summed E-state index contributed by atoms with van der Waals surface area (Å²) in [6, 6.07) is 23.6. The molecule has 0 aliphatic carbocycles. The van der Waals surface area contributed by atoms with Gasteiger partial charge in [0.2, 0.25) is 0 Å². The summed E-state index contributed by atoms with van der Waals surface area (Å²) in [5.74, 6) is 1.47. The van der Waals surface area contributed by atoms with E-state index in [4.69, 9.17) is 4.42 Å². The molecule has 26 heavy (non-hydrogen) atoms. The summed E-state index contributed by atoms with van der Waals surface area (Å²) in [7, 11) is 0. The van der Waals surface area contributed by atoms with E-state index < -0.39 is 0 Å². The molecule has 0 amide bonds. The van der Waals surface area contributed by atoms with E-state index in [9.17, 15) is 0 Å². The van der Waals surface area contributed by atoms with Crippen LogP contribution in [0.15, 0.2) is 77.2 Å². The van der Waals surface area contributed by atoms with Crippen LogP contribution >= 0.6 is 0 Å². The number of aromatic nitrogens is 5. The van der Waals surface area contributed by atoms with Gasteiger partial charge in [0, 0.05) is 5.39 Å². The van der Waals surface area contributed by atoms with Gasteiger partial charge in [-0.2, -0.15) is 0 Å². The maximum Gasteiger partial charge on any atom is 0.200 e. The molecule has 0 radical (unpaired) electrons. The summed E-state index contributed by atoms with van der Waals surface area (Å²) < 4.78 is 7.48. The third kappa shape index (κ3) is 2.55. The quantitative estimate of drug-likeness (QED) is 0.539. The van der Waals surface area contributed by atoms with Gasteiger partial charge in [-0.05, 0) is 40.3 Å². The monoisotopic (exact) mass is 342 g/mol. The van der Waals surface area contributed by atoms with Crippen molar-refractivity contribution in [3.63, 3.8) is 0 Å². The number of para-hydroxylation sites is 1. The smallest absolute Gasteiger partial charge is 0.200 e. The van der Waals surface area contributed by atoms with E-state index in [1.165, 1.54) is 4.63 Å². The zero-order valence-corrected chi connectivity index (χ0v) is 13.6. The Hall–Kier alpha value is -3.74. The minimum Gasteiger partial charge on any atom is -0.459 e. The van der Waals surface area contributed by atoms with Crippen molar-refractivity contribution in [2.75, 3.05) is 5.32 Å². The highest BCUT2D eigenvalue weighted by molar-refractivity contribution is 5.78. The van der Waals surface area contributed by atoms with Crippen molar-refractivity contribution >= 4 is 22.4 Å². The van der Waals surface area contributed by atoms with Crippen molar-refractivity contribution in [2.45, 2.75) is 6.04 Å². The Morgan fingerprint density at radius 2 is 1.77 bits per heavy atom. The Morgan fingerprint density at radius 1 is 0.923 bits per heavy atom. The van der Waals surface area contributed by atoms with E-state index in [1.807, 2.05) is 54.6 Å². The van der Waals surface area contributed by atoms with E-state index in [0.29, 0.717) is 11.5 Å². The first-order valence-corrected chi connectivity index (χ1v) is 8.22. The third-order valence-corrected chi connectivity index (χ3v) is 4.22. The molecule has 2 aromatic carbocycles. The van der Waals surface area contributed by atoms with Crippen molar-refractivity contribution in [3.8, 4) is 0 Å². The van der Waals surface area contributed by atoms with Gasteiger partial charge in [0.25, 0.3) is 0 Å². The Labute approximate surface area is 148 Å². The van der Waals surface area contributed by atoms with E-state index in [1.54, 1.807) is 0 Å². The van der Waals surface area contributed by atoms with Crippen LogP contribution in [-0.4, -0.2) is 25.3 Å². The van der Waals surface area contributed by atoms with Gasteiger partial charge in [-0.25, -0.2) is 0 Å². The van der Waals surface area contributed by atoms with Crippen LogP contribution in [-0.2, 0) is 0 Å². The minimum atomic E-state index is -0.190. The molecule has 7 heteroatoms. The number of anilines is 1. The topological polar surface area (TPSA) is 81.1 Å². The number of nitrogens with zero attached hydrogens (tertiary/aromatic N) is 5. The van der Waals surface area contributed by atoms with E-state index in [2.05, 4.69) is 44.1 Å². The molecule has 0 fully saturated rings. The van der Waals surface area contributed by atoms with E-state index in [-0.39, 0.29) is 6.04 Å². The lowest BCUT2D eigenvalue weighted by Gasteiger charge is -2.17. The lowest BCUT2D eigenvalue weighted by Crippen LogP contribution is -2.13. The van der Waals surface area contributed by atoms with Crippen molar-refractivity contribution in [1.82, 2.24) is 25.3 Å². The Morgan fingerprint density at radius 3 is 2.65 bits per heavy atom. The highest BCUT2D eigenvalue weighted by Gasteiger charge is 2.19. The fourth-order valence-corrected chi connectivity index (χ4v) is 2.98. The molecule has 0 saturated heterocycles.